The lowest BCUT2D eigenvalue weighted by molar-refractivity contribution is -0.140. The molecule has 3 aromatic rings. The Morgan fingerprint density at radius 2 is 1.71 bits per heavy atom. The second-order valence-corrected chi connectivity index (χ2v) is 9.75. The van der Waals surface area contributed by atoms with Crippen molar-refractivity contribution in [3.63, 3.8) is 0 Å². The smallest absolute Gasteiger partial charge is 0.295 e. The molecule has 6 nitrogen and oxygen atoms in total. The van der Waals surface area contributed by atoms with Gasteiger partial charge in [-0.1, -0.05) is 61.8 Å². The first-order chi connectivity index (χ1) is 18.3. The summed E-state index contributed by atoms with van der Waals surface area (Å²) in [5.41, 5.74) is 3.41. The SMILES string of the molecule is CCN(CC)CCN1C(=O)C(=O)C(=C(O)c2ccc(OCc3ccccc3C)cc2)C1c1cccc(Cl)c1. The Balaban J connectivity index is 1.64. The van der Waals surface area contributed by atoms with Crippen LogP contribution in [0.2, 0.25) is 5.02 Å². The van der Waals surface area contributed by atoms with Crippen molar-refractivity contribution in [1.82, 2.24) is 9.80 Å². The summed E-state index contributed by atoms with van der Waals surface area (Å²) in [4.78, 5) is 30.2. The highest BCUT2D eigenvalue weighted by atomic mass is 35.5. The molecule has 3 aromatic carbocycles. The second kappa shape index (κ2) is 12.3. The van der Waals surface area contributed by atoms with Gasteiger partial charge in [-0.2, -0.15) is 0 Å². The van der Waals surface area contributed by atoms with Crippen molar-refractivity contribution in [3.8, 4) is 5.75 Å². The van der Waals surface area contributed by atoms with Gasteiger partial charge in [0.1, 0.15) is 18.1 Å². The summed E-state index contributed by atoms with van der Waals surface area (Å²) in [7, 11) is 0. The number of carbonyl (C=O) groups excluding carboxylic acids is 2. The van der Waals surface area contributed by atoms with Gasteiger partial charge in [0.2, 0.25) is 0 Å². The Bertz CT molecular complexity index is 1330. The van der Waals surface area contributed by atoms with Crippen molar-refractivity contribution in [2.24, 2.45) is 0 Å². The molecule has 0 spiro atoms. The number of likely N-dealkylation sites (tertiary alicyclic amines) is 1. The molecule has 0 aliphatic carbocycles. The molecule has 0 bridgehead atoms. The molecular weight excluding hydrogens is 500 g/mol. The predicted octanol–water partition coefficient (Wildman–Crippen LogP) is 5.99. The van der Waals surface area contributed by atoms with Gasteiger partial charge in [-0.15, -0.1) is 0 Å². The van der Waals surface area contributed by atoms with Crippen molar-refractivity contribution < 1.29 is 19.4 Å². The zero-order valence-corrected chi connectivity index (χ0v) is 22.7. The van der Waals surface area contributed by atoms with E-state index in [9.17, 15) is 14.7 Å². The first-order valence-electron chi connectivity index (χ1n) is 12.9. The summed E-state index contributed by atoms with van der Waals surface area (Å²) in [6.45, 7) is 9.20. The molecule has 1 N–H and O–H groups in total. The number of hydrogen-bond donors (Lipinski definition) is 1. The van der Waals surface area contributed by atoms with E-state index in [4.69, 9.17) is 16.3 Å². The molecule has 7 heteroatoms. The molecule has 1 saturated heterocycles. The van der Waals surface area contributed by atoms with E-state index >= 15 is 0 Å². The number of rotatable bonds is 10. The summed E-state index contributed by atoms with van der Waals surface area (Å²) in [6.07, 6.45) is 0. The molecule has 1 atom stereocenters. The number of aliphatic hydroxyl groups excluding tert-OH is 1. The summed E-state index contributed by atoms with van der Waals surface area (Å²) in [5.74, 6) is -0.909. The monoisotopic (exact) mass is 532 g/mol. The number of ether oxygens (including phenoxy) is 1. The summed E-state index contributed by atoms with van der Waals surface area (Å²) < 4.78 is 5.92. The first kappa shape index (κ1) is 27.4. The van der Waals surface area contributed by atoms with Gasteiger partial charge in [0.15, 0.2) is 0 Å². The summed E-state index contributed by atoms with van der Waals surface area (Å²) >= 11 is 6.27. The molecule has 1 aliphatic rings. The minimum absolute atomic E-state index is 0.0605. The van der Waals surface area contributed by atoms with Crippen LogP contribution in [0.5, 0.6) is 5.75 Å². The molecule has 1 amide bonds. The van der Waals surface area contributed by atoms with Crippen molar-refractivity contribution in [1.29, 1.82) is 0 Å². The van der Waals surface area contributed by atoms with E-state index in [2.05, 4.69) is 18.7 Å². The van der Waals surface area contributed by atoms with E-state index < -0.39 is 17.7 Å². The lowest BCUT2D eigenvalue weighted by atomic mass is 9.95. The number of nitrogens with zero attached hydrogens (tertiary/aromatic N) is 2. The molecule has 38 heavy (non-hydrogen) atoms. The second-order valence-electron chi connectivity index (χ2n) is 9.31. The Morgan fingerprint density at radius 3 is 2.37 bits per heavy atom. The van der Waals surface area contributed by atoms with Crippen LogP contribution in [0.15, 0.2) is 78.4 Å². The van der Waals surface area contributed by atoms with E-state index in [0.29, 0.717) is 41.6 Å². The molecule has 1 heterocycles. The maximum atomic E-state index is 13.3. The van der Waals surface area contributed by atoms with E-state index in [1.165, 1.54) is 4.90 Å². The number of halogens is 1. The van der Waals surface area contributed by atoms with Crippen LogP contribution in [0.1, 0.15) is 42.1 Å². The zero-order chi connectivity index (χ0) is 27.2. The highest BCUT2D eigenvalue weighted by Crippen LogP contribution is 2.40. The normalized spacial score (nSPS) is 16.9. The summed E-state index contributed by atoms with van der Waals surface area (Å²) in [6, 6.07) is 21.2. The van der Waals surface area contributed by atoms with Gasteiger partial charge in [-0.25, -0.2) is 0 Å². The van der Waals surface area contributed by atoms with Crippen LogP contribution in [0.25, 0.3) is 5.76 Å². The number of Topliss-reactive ketones (excluding diaryl/α,β-unsaturated/α-hetero) is 1. The standard InChI is InChI=1S/C31H33ClN2O4/c1-4-33(5-2)17-18-34-28(23-11-8-12-25(32)19-23)27(30(36)31(34)37)29(35)22-13-15-26(16-14-22)38-20-24-10-7-6-9-21(24)3/h6-16,19,28,35H,4-5,17-18,20H2,1-3H3. The molecular formula is C31H33ClN2O4. The molecule has 0 aromatic heterocycles. The Hall–Kier alpha value is -3.61. The molecule has 0 radical (unpaired) electrons. The van der Waals surface area contributed by atoms with E-state index in [1.807, 2.05) is 37.3 Å². The highest BCUT2D eigenvalue weighted by molar-refractivity contribution is 6.46. The van der Waals surface area contributed by atoms with E-state index in [-0.39, 0.29) is 11.3 Å². The zero-order valence-electron chi connectivity index (χ0n) is 22.0. The topological polar surface area (TPSA) is 70.1 Å². The van der Waals surface area contributed by atoms with Gasteiger partial charge < -0.3 is 19.6 Å². The van der Waals surface area contributed by atoms with Gasteiger partial charge in [0.25, 0.3) is 11.7 Å². The van der Waals surface area contributed by atoms with Gasteiger partial charge in [-0.3, -0.25) is 9.59 Å². The Kier molecular flexibility index (Phi) is 8.87. The van der Waals surface area contributed by atoms with Crippen LogP contribution in [0, 0.1) is 6.92 Å². The lowest BCUT2D eigenvalue weighted by Gasteiger charge is -2.28. The van der Waals surface area contributed by atoms with Crippen LogP contribution in [0.3, 0.4) is 0 Å². The number of benzene rings is 3. The third-order valence-electron chi connectivity index (χ3n) is 7.04. The minimum atomic E-state index is -0.735. The number of carbonyl (C=O) groups is 2. The van der Waals surface area contributed by atoms with Gasteiger partial charge in [0.05, 0.1) is 11.6 Å². The number of ketones is 1. The Morgan fingerprint density at radius 1 is 1.00 bits per heavy atom. The van der Waals surface area contributed by atoms with Crippen LogP contribution in [-0.4, -0.2) is 52.8 Å². The van der Waals surface area contributed by atoms with E-state index in [0.717, 1.165) is 24.2 Å². The van der Waals surface area contributed by atoms with Crippen molar-refractivity contribution in [2.75, 3.05) is 26.2 Å². The fourth-order valence-corrected chi connectivity index (χ4v) is 4.92. The molecule has 4 rings (SSSR count). The number of aliphatic hydroxyl groups is 1. The fraction of sp³-hybridized carbons (Fsp3) is 0.290. The van der Waals surface area contributed by atoms with Crippen LogP contribution in [0.4, 0.5) is 0 Å². The predicted molar refractivity (Wildman–Crippen MR) is 150 cm³/mol. The minimum Gasteiger partial charge on any atom is -0.507 e. The maximum absolute atomic E-state index is 13.3. The summed E-state index contributed by atoms with van der Waals surface area (Å²) in [5, 5.41) is 11.8. The van der Waals surface area contributed by atoms with Crippen LogP contribution in [-0.2, 0) is 16.2 Å². The van der Waals surface area contributed by atoms with Crippen molar-refractivity contribution in [3.05, 3.63) is 106 Å². The van der Waals surface area contributed by atoms with Gasteiger partial charge in [-0.05, 0) is 73.1 Å². The Labute approximate surface area is 229 Å². The number of amides is 1. The van der Waals surface area contributed by atoms with E-state index in [1.54, 1.807) is 42.5 Å². The maximum Gasteiger partial charge on any atom is 0.295 e. The molecule has 0 saturated carbocycles. The average molecular weight is 533 g/mol. The first-order valence-corrected chi connectivity index (χ1v) is 13.3. The lowest BCUT2D eigenvalue weighted by Crippen LogP contribution is -2.38. The largest absolute Gasteiger partial charge is 0.507 e. The fourth-order valence-electron chi connectivity index (χ4n) is 4.72. The van der Waals surface area contributed by atoms with Crippen LogP contribution >= 0.6 is 11.6 Å². The van der Waals surface area contributed by atoms with Gasteiger partial charge in [0, 0.05) is 23.7 Å². The quantitative estimate of drug-likeness (QED) is 0.197. The average Bonchev–Trinajstić information content (AvgIpc) is 3.18. The number of hydrogen-bond acceptors (Lipinski definition) is 5. The van der Waals surface area contributed by atoms with Crippen molar-refractivity contribution >= 4 is 29.1 Å². The van der Waals surface area contributed by atoms with Crippen LogP contribution < -0.4 is 4.74 Å². The van der Waals surface area contributed by atoms with Crippen molar-refractivity contribution in [2.45, 2.75) is 33.4 Å². The molecule has 1 aliphatic heterocycles. The third-order valence-corrected chi connectivity index (χ3v) is 7.27. The third kappa shape index (κ3) is 5.93. The highest BCUT2D eigenvalue weighted by Gasteiger charge is 2.46. The molecule has 1 fully saturated rings. The number of aryl methyl sites for hydroxylation is 1. The molecule has 198 valence electrons. The van der Waals surface area contributed by atoms with Gasteiger partial charge >= 0.3 is 0 Å². The molecule has 1 unspecified atom stereocenters. The number of likely N-dealkylation sites (N-methyl/N-ethyl adjacent to an activating group) is 1.